The molecule has 1 N–H and O–H groups in total. The van der Waals surface area contributed by atoms with E-state index in [1.165, 1.54) is 0 Å². The average Bonchev–Trinajstić information content (AvgIpc) is 2.60. The Morgan fingerprint density at radius 2 is 2.17 bits per heavy atom. The molecule has 0 aromatic carbocycles. The molecule has 0 fully saturated rings. The lowest BCUT2D eigenvalue weighted by Crippen LogP contribution is -2.42. The summed E-state index contributed by atoms with van der Waals surface area (Å²) in [5, 5.41) is 2.52. The monoisotopic (exact) mass is 349 g/mol. The first-order valence-electron chi connectivity index (χ1n) is 7.82. The molecule has 1 heterocycles. The van der Waals surface area contributed by atoms with Crippen LogP contribution in [0.25, 0.3) is 12.2 Å². The lowest BCUT2D eigenvalue weighted by Gasteiger charge is -2.23. The van der Waals surface area contributed by atoms with Crippen molar-refractivity contribution in [1.29, 1.82) is 0 Å². The highest BCUT2D eigenvalue weighted by atomic mass is 35.5. The van der Waals surface area contributed by atoms with Crippen LogP contribution >= 0.6 is 11.6 Å². The molecular formula is C18H24ClN3O2. The van der Waals surface area contributed by atoms with Crippen LogP contribution < -0.4 is 5.32 Å². The molecule has 6 heteroatoms. The summed E-state index contributed by atoms with van der Waals surface area (Å²) in [6.45, 7) is 3.92. The Bertz CT molecular complexity index is 614. The molecule has 0 aliphatic heterocycles. The molecule has 1 rings (SSSR count). The summed E-state index contributed by atoms with van der Waals surface area (Å²) in [7, 11) is 1.70. The van der Waals surface area contributed by atoms with Crippen LogP contribution in [0.3, 0.4) is 0 Å². The molecule has 0 saturated carbocycles. The number of aromatic nitrogens is 1. The van der Waals surface area contributed by atoms with Gasteiger partial charge in [0.25, 0.3) is 0 Å². The van der Waals surface area contributed by atoms with Gasteiger partial charge in [-0.05, 0) is 38.0 Å². The van der Waals surface area contributed by atoms with Gasteiger partial charge in [0.15, 0.2) is 0 Å². The van der Waals surface area contributed by atoms with Crippen LogP contribution in [-0.4, -0.2) is 41.8 Å². The minimum absolute atomic E-state index is 0.00530. The predicted molar refractivity (Wildman–Crippen MR) is 98.8 cm³/mol. The fourth-order valence-corrected chi connectivity index (χ4v) is 2.19. The van der Waals surface area contributed by atoms with Gasteiger partial charge in [0.1, 0.15) is 6.29 Å². The Kier molecular flexibility index (Phi) is 8.79. The third-order valence-electron chi connectivity index (χ3n) is 3.57. The fourth-order valence-electron chi connectivity index (χ4n) is 2.04. The number of alkyl halides is 1. The highest BCUT2D eigenvalue weighted by Crippen LogP contribution is 2.14. The normalized spacial score (nSPS) is 12.5. The first-order chi connectivity index (χ1) is 11.5. The lowest BCUT2D eigenvalue weighted by atomic mass is 10.1. The van der Waals surface area contributed by atoms with Gasteiger partial charge in [0, 0.05) is 13.1 Å². The van der Waals surface area contributed by atoms with E-state index in [4.69, 9.17) is 11.6 Å². The number of carbonyl (C=O) groups is 2. The van der Waals surface area contributed by atoms with Crippen LogP contribution in [0, 0.1) is 0 Å². The van der Waals surface area contributed by atoms with Gasteiger partial charge < -0.3 is 15.0 Å². The zero-order valence-corrected chi connectivity index (χ0v) is 15.1. The van der Waals surface area contributed by atoms with Gasteiger partial charge in [-0.1, -0.05) is 24.3 Å². The first-order valence-corrected chi connectivity index (χ1v) is 8.36. The lowest BCUT2D eigenvalue weighted by molar-refractivity contribution is -0.107. The predicted octanol–water partition coefficient (Wildman–Crippen LogP) is 3.49. The van der Waals surface area contributed by atoms with Crippen molar-refractivity contribution in [3.63, 3.8) is 0 Å². The molecular weight excluding hydrogens is 326 g/mol. The van der Waals surface area contributed by atoms with E-state index in [0.29, 0.717) is 18.6 Å². The number of aldehydes is 1. The van der Waals surface area contributed by atoms with Crippen molar-refractivity contribution in [2.75, 3.05) is 13.6 Å². The number of rotatable bonds is 8. The first kappa shape index (κ1) is 19.9. The van der Waals surface area contributed by atoms with Crippen LogP contribution in [0.5, 0.6) is 0 Å². The Balaban J connectivity index is 2.75. The van der Waals surface area contributed by atoms with Gasteiger partial charge in [0.05, 0.1) is 23.8 Å². The summed E-state index contributed by atoms with van der Waals surface area (Å²) >= 11 is 5.85. The Labute approximate surface area is 148 Å². The molecule has 5 nitrogen and oxygen atoms in total. The van der Waals surface area contributed by atoms with Gasteiger partial charge in [-0.2, -0.15) is 0 Å². The van der Waals surface area contributed by atoms with Crippen LogP contribution in [0.15, 0.2) is 24.3 Å². The summed E-state index contributed by atoms with van der Waals surface area (Å²) in [4.78, 5) is 28.2. The van der Waals surface area contributed by atoms with Gasteiger partial charge in [-0.25, -0.2) is 4.79 Å². The number of urea groups is 1. The summed E-state index contributed by atoms with van der Waals surface area (Å²) < 4.78 is 0. The standard InChI is InChI=1S/C18H24ClN3O2/c1-4-6-15-9-10-16(13-19)21-17(15)8-5-7-14(2)22(3)18(24)20-11-12-23/h4-6,8-10,12,14H,7,11,13H2,1-3H3,(H,20,24)/b6-4+,8-5+. The number of hydrogen-bond acceptors (Lipinski definition) is 3. The van der Waals surface area contributed by atoms with Gasteiger partial charge in [-0.3, -0.25) is 4.98 Å². The second kappa shape index (κ2) is 10.6. The van der Waals surface area contributed by atoms with Crippen molar-refractivity contribution in [1.82, 2.24) is 15.2 Å². The summed E-state index contributed by atoms with van der Waals surface area (Å²) in [5.41, 5.74) is 2.70. The van der Waals surface area contributed by atoms with Crippen molar-refractivity contribution >= 4 is 36.1 Å². The number of nitrogens with zero attached hydrogens (tertiary/aromatic N) is 2. The molecule has 0 saturated heterocycles. The minimum atomic E-state index is -0.264. The van der Waals surface area contributed by atoms with Crippen LogP contribution in [0.4, 0.5) is 4.79 Å². The molecule has 0 spiro atoms. The van der Waals surface area contributed by atoms with E-state index in [1.54, 1.807) is 11.9 Å². The number of nitrogens with one attached hydrogen (secondary N) is 1. The maximum absolute atomic E-state index is 11.8. The SMILES string of the molecule is C/C=C/c1ccc(CCl)nc1/C=C/CC(C)N(C)C(=O)NCC=O. The van der Waals surface area contributed by atoms with Crippen molar-refractivity contribution < 1.29 is 9.59 Å². The molecule has 130 valence electrons. The van der Waals surface area contributed by atoms with E-state index >= 15 is 0 Å². The summed E-state index contributed by atoms with van der Waals surface area (Å²) in [6, 6.07) is 3.63. The maximum Gasteiger partial charge on any atom is 0.317 e. The molecule has 0 radical (unpaired) electrons. The van der Waals surface area contributed by atoms with Gasteiger partial charge in [-0.15, -0.1) is 11.6 Å². The van der Waals surface area contributed by atoms with E-state index in [-0.39, 0.29) is 18.6 Å². The summed E-state index contributed by atoms with van der Waals surface area (Å²) in [5.74, 6) is 0.368. The molecule has 0 aliphatic rings. The number of halogens is 1. The second-order valence-corrected chi connectivity index (χ2v) is 5.63. The molecule has 1 aromatic rings. The highest BCUT2D eigenvalue weighted by molar-refractivity contribution is 6.16. The quantitative estimate of drug-likeness (QED) is 0.577. The molecule has 2 amide bonds. The zero-order valence-electron chi connectivity index (χ0n) is 14.3. The van der Waals surface area contributed by atoms with E-state index in [1.807, 2.05) is 50.3 Å². The molecule has 0 bridgehead atoms. The second-order valence-electron chi connectivity index (χ2n) is 5.36. The third-order valence-corrected chi connectivity index (χ3v) is 3.84. The molecule has 1 aromatic heterocycles. The van der Waals surface area contributed by atoms with Crippen LogP contribution in [0.1, 0.15) is 37.2 Å². The van der Waals surface area contributed by atoms with Crippen LogP contribution in [-0.2, 0) is 10.7 Å². The number of carbonyl (C=O) groups excluding carboxylic acids is 2. The molecule has 1 atom stereocenters. The third kappa shape index (κ3) is 6.16. The molecule has 0 aliphatic carbocycles. The number of amides is 2. The van der Waals surface area contributed by atoms with Crippen LogP contribution in [0.2, 0.25) is 0 Å². The number of hydrogen-bond donors (Lipinski definition) is 1. The Morgan fingerprint density at radius 1 is 1.42 bits per heavy atom. The van der Waals surface area contributed by atoms with Crippen molar-refractivity contribution in [3.05, 3.63) is 41.2 Å². The van der Waals surface area contributed by atoms with Crippen molar-refractivity contribution in [2.24, 2.45) is 0 Å². The summed E-state index contributed by atoms with van der Waals surface area (Å²) in [6.07, 6.45) is 9.22. The smallest absolute Gasteiger partial charge is 0.317 e. The number of pyridine rings is 1. The Morgan fingerprint density at radius 3 is 2.79 bits per heavy atom. The van der Waals surface area contributed by atoms with E-state index in [9.17, 15) is 9.59 Å². The van der Waals surface area contributed by atoms with E-state index in [0.717, 1.165) is 17.0 Å². The zero-order chi connectivity index (χ0) is 17.9. The maximum atomic E-state index is 11.8. The van der Waals surface area contributed by atoms with Crippen molar-refractivity contribution in [3.8, 4) is 0 Å². The Hall–Kier alpha value is -2.14. The minimum Gasteiger partial charge on any atom is -0.331 e. The molecule has 1 unspecified atom stereocenters. The largest absolute Gasteiger partial charge is 0.331 e. The number of allylic oxidation sites excluding steroid dienone is 1. The average molecular weight is 350 g/mol. The van der Waals surface area contributed by atoms with Gasteiger partial charge >= 0.3 is 6.03 Å². The fraction of sp³-hybridized carbons (Fsp3) is 0.389. The molecule has 24 heavy (non-hydrogen) atoms. The topological polar surface area (TPSA) is 62.3 Å². The highest BCUT2D eigenvalue weighted by Gasteiger charge is 2.13. The van der Waals surface area contributed by atoms with E-state index < -0.39 is 0 Å². The van der Waals surface area contributed by atoms with Gasteiger partial charge in [0.2, 0.25) is 0 Å². The van der Waals surface area contributed by atoms with Crippen molar-refractivity contribution in [2.45, 2.75) is 32.2 Å². The van der Waals surface area contributed by atoms with E-state index in [2.05, 4.69) is 10.3 Å².